The van der Waals surface area contributed by atoms with Gasteiger partial charge in [0.25, 0.3) is 5.91 Å². The maximum absolute atomic E-state index is 13.0. The van der Waals surface area contributed by atoms with Crippen LogP contribution in [0.25, 0.3) is 0 Å². The van der Waals surface area contributed by atoms with E-state index in [0.717, 1.165) is 4.47 Å². The molecular weight excluding hydrogens is 402 g/mol. The number of rotatable bonds is 8. The molecule has 2 rings (SSSR count). The van der Waals surface area contributed by atoms with Crippen LogP contribution in [0.5, 0.6) is 0 Å². The van der Waals surface area contributed by atoms with Gasteiger partial charge in [0.1, 0.15) is 5.76 Å². The van der Waals surface area contributed by atoms with Crippen LogP contribution in [-0.4, -0.2) is 44.1 Å². The van der Waals surface area contributed by atoms with Crippen molar-refractivity contribution in [3.8, 4) is 0 Å². The summed E-state index contributed by atoms with van der Waals surface area (Å²) in [6, 6.07) is 9.66. The molecule has 2 aromatic rings. The summed E-state index contributed by atoms with van der Waals surface area (Å²) in [5.41, 5.74) is 0.645. The Labute approximate surface area is 161 Å². The lowest BCUT2D eigenvalue weighted by atomic mass is 10.0. The van der Waals surface area contributed by atoms with Crippen LogP contribution in [-0.2, 0) is 20.7 Å². The third-order valence-electron chi connectivity index (χ3n) is 3.94. The molecule has 0 saturated carbocycles. The molecule has 7 heteroatoms. The van der Waals surface area contributed by atoms with Crippen LogP contribution in [0.2, 0.25) is 0 Å². The van der Waals surface area contributed by atoms with Gasteiger partial charge < -0.3 is 18.8 Å². The van der Waals surface area contributed by atoms with Crippen LogP contribution in [0.15, 0.2) is 45.3 Å². The second-order valence-electron chi connectivity index (χ2n) is 5.59. The number of furan rings is 1. The molecule has 0 aliphatic carbocycles. The van der Waals surface area contributed by atoms with Gasteiger partial charge in [0, 0.05) is 24.5 Å². The zero-order chi connectivity index (χ0) is 19.1. The van der Waals surface area contributed by atoms with Crippen LogP contribution in [0.1, 0.15) is 34.8 Å². The first-order valence-corrected chi connectivity index (χ1v) is 9.03. The van der Waals surface area contributed by atoms with Crippen LogP contribution < -0.4 is 0 Å². The molecule has 0 N–H and O–H groups in total. The lowest BCUT2D eigenvalue weighted by Crippen LogP contribution is -2.41. The standard InChI is InChI=1S/C19H22BrNO5/c1-4-15-9-10-16(26-15)18(22)21(11-12-24-2)17(19(23)25-3)13-5-7-14(20)8-6-13/h5-10,17H,4,11-12H2,1-3H3. The molecule has 0 bridgehead atoms. The van der Waals surface area contributed by atoms with Gasteiger partial charge in [-0.05, 0) is 29.8 Å². The van der Waals surface area contributed by atoms with Crippen LogP contribution >= 0.6 is 15.9 Å². The lowest BCUT2D eigenvalue weighted by Gasteiger charge is -2.29. The number of ether oxygens (including phenoxy) is 2. The average molecular weight is 424 g/mol. The van der Waals surface area contributed by atoms with E-state index >= 15 is 0 Å². The average Bonchev–Trinajstić information content (AvgIpc) is 3.14. The van der Waals surface area contributed by atoms with Crippen LogP contribution in [0, 0.1) is 0 Å². The predicted molar refractivity (Wildman–Crippen MR) is 99.9 cm³/mol. The summed E-state index contributed by atoms with van der Waals surface area (Å²) in [6.07, 6.45) is 0.679. The first-order valence-electron chi connectivity index (χ1n) is 8.23. The van der Waals surface area contributed by atoms with E-state index < -0.39 is 12.0 Å². The highest BCUT2D eigenvalue weighted by Gasteiger charge is 2.34. The molecule has 0 aliphatic rings. The monoisotopic (exact) mass is 423 g/mol. The first kappa shape index (κ1) is 20.2. The van der Waals surface area contributed by atoms with Gasteiger partial charge in [-0.2, -0.15) is 0 Å². The Morgan fingerprint density at radius 2 is 1.85 bits per heavy atom. The van der Waals surface area contributed by atoms with Gasteiger partial charge in [-0.15, -0.1) is 0 Å². The third kappa shape index (κ3) is 4.74. The fourth-order valence-corrected chi connectivity index (χ4v) is 2.83. The lowest BCUT2D eigenvalue weighted by molar-refractivity contribution is -0.146. The summed E-state index contributed by atoms with van der Waals surface area (Å²) in [4.78, 5) is 27.0. The van der Waals surface area contributed by atoms with Crippen molar-refractivity contribution in [1.29, 1.82) is 0 Å². The van der Waals surface area contributed by atoms with E-state index in [4.69, 9.17) is 13.9 Å². The molecule has 1 amide bonds. The van der Waals surface area contributed by atoms with Crippen molar-refractivity contribution in [3.05, 3.63) is 58.0 Å². The summed E-state index contributed by atoms with van der Waals surface area (Å²) >= 11 is 3.37. The molecule has 1 atom stereocenters. The largest absolute Gasteiger partial charge is 0.467 e. The molecule has 0 fully saturated rings. The van der Waals surface area contributed by atoms with E-state index in [1.807, 2.05) is 19.1 Å². The fraction of sp³-hybridized carbons (Fsp3) is 0.368. The maximum atomic E-state index is 13.0. The zero-order valence-corrected chi connectivity index (χ0v) is 16.6. The van der Waals surface area contributed by atoms with Gasteiger partial charge >= 0.3 is 5.97 Å². The number of hydrogen-bond donors (Lipinski definition) is 0. The van der Waals surface area contributed by atoms with Gasteiger partial charge in [-0.25, -0.2) is 4.79 Å². The number of hydrogen-bond acceptors (Lipinski definition) is 5. The molecular formula is C19H22BrNO5. The van der Waals surface area contributed by atoms with Crippen molar-refractivity contribution >= 4 is 27.8 Å². The first-order chi connectivity index (χ1) is 12.5. The van der Waals surface area contributed by atoms with E-state index in [-0.39, 0.29) is 24.8 Å². The van der Waals surface area contributed by atoms with E-state index in [1.165, 1.54) is 19.1 Å². The number of carbonyl (C=O) groups is 2. The summed E-state index contributed by atoms with van der Waals surface area (Å²) in [5.74, 6) is -0.0265. The molecule has 1 unspecified atom stereocenters. The minimum Gasteiger partial charge on any atom is -0.467 e. The Hall–Kier alpha value is -2.12. The maximum Gasteiger partial charge on any atom is 0.333 e. The third-order valence-corrected chi connectivity index (χ3v) is 4.47. The highest BCUT2D eigenvalue weighted by Crippen LogP contribution is 2.26. The van der Waals surface area contributed by atoms with Gasteiger partial charge in [-0.1, -0.05) is 35.0 Å². The Morgan fingerprint density at radius 3 is 2.38 bits per heavy atom. The Balaban J connectivity index is 2.42. The number of amides is 1. The van der Waals surface area contributed by atoms with Gasteiger partial charge in [-0.3, -0.25) is 4.79 Å². The van der Waals surface area contributed by atoms with Crippen molar-refractivity contribution in [2.75, 3.05) is 27.4 Å². The number of methoxy groups -OCH3 is 2. The number of aryl methyl sites for hydroxylation is 1. The Bertz CT molecular complexity index is 741. The van der Waals surface area contributed by atoms with Crippen molar-refractivity contribution in [2.45, 2.75) is 19.4 Å². The second kappa shape index (κ2) is 9.54. The molecule has 1 heterocycles. The number of carbonyl (C=O) groups excluding carboxylic acids is 2. The Morgan fingerprint density at radius 1 is 1.15 bits per heavy atom. The molecule has 6 nitrogen and oxygen atoms in total. The molecule has 1 aromatic heterocycles. The smallest absolute Gasteiger partial charge is 0.333 e. The van der Waals surface area contributed by atoms with Gasteiger partial charge in [0.15, 0.2) is 11.8 Å². The number of esters is 1. The van der Waals surface area contributed by atoms with Crippen LogP contribution in [0.3, 0.4) is 0 Å². The summed E-state index contributed by atoms with van der Waals surface area (Å²) in [7, 11) is 2.84. The molecule has 0 saturated heterocycles. The van der Waals surface area contributed by atoms with Crippen molar-refractivity contribution in [1.82, 2.24) is 4.90 Å². The molecule has 0 radical (unpaired) electrons. The van der Waals surface area contributed by atoms with E-state index in [0.29, 0.717) is 17.7 Å². The summed E-state index contributed by atoms with van der Waals surface area (Å²) in [5, 5.41) is 0. The summed E-state index contributed by atoms with van der Waals surface area (Å²) < 4.78 is 16.5. The van der Waals surface area contributed by atoms with Crippen molar-refractivity contribution in [2.24, 2.45) is 0 Å². The van der Waals surface area contributed by atoms with Crippen molar-refractivity contribution < 1.29 is 23.5 Å². The molecule has 0 spiro atoms. The fourth-order valence-electron chi connectivity index (χ4n) is 2.56. The van der Waals surface area contributed by atoms with Gasteiger partial charge in [0.2, 0.25) is 0 Å². The topological polar surface area (TPSA) is 69.0 Å². The quantitative estimate of drug-likeness (QED) is 0.606. The molecule has 26 heavy (non-hydrogen) atoms. The number of nitrogens with zero attached hydrogens (tertiary/aromatic N) is 1. The minimum absolute atomic E-state index is 0.184. The molecule has 0 aliphatic heterocycles. The van der Waals surface area contributed by atoms with Gasteiger partial charge in [0.05, 0.1) is 13.7 Å². The molecule has 140 valence electrons. The number of halogens is 1. The van der Waals surface area contributed by atoms with Crippen LogP contribution in [0.4, 0.5) is 0 Å². The molecule has 1 aromatic carbocycles. The summed E-state index contributed by atoms with van der Waals surface area (Å²) in [6.45, 7) is 2.43. The number of benzene rings is 1. The van der Waals surface area contributed by atoms with Crippen molar-refractivity contribution in [3.63, 3.8) is 0 Å². The van der Waals surface area contributed by atoms with E-state index in [9.17, 15) is 9.59 Å². The highest BCUT2D eigenvalue weighted by atomic mass is 79.9. The SMILES string of the molecule is CCc1ccc(C(=O)N(CCOC)C(C(=O)OC)c2ccc(Br)cc2)o1. The van der Waals surface area contributed by atoms with E-state index in [1.54, 1.807) is 24.3 Å². The highest BCUT2D eigenvalue weighted by molar-refractivity contribution is 9.10. The zero-order valence-electron chi connectivity index (χ0n) is 15.0. The second-order valence-corrected chi connectivity index (χ2v) is 6.50. The predicted octanol–water partition coefficient (Wildman–Crippen LogP) is 3.61. The minimum atomic E-state index is -0.897. The normalized spacial score (nSPS) is 11.8. The van der Waals surface area contributed by atoms with E-state index in [2.05, 4.69) is 15.9 Å². The Kier molecular flexibility index (Phi) is 7.41.